The molecule has 2 aromatic rings. The van der Waals surface area contributed by atoms with Gasteiger partial charge in [-0.15, -0.1) is 0 Å². The molecule has 0 spiro atoms. The maximum absolute atomic E-state index is 13.3. The van der Waals surface area contributed by atoms with Gasteiger partial charge in [-0.2, -0.15) is 0 Å². The zero-order valence-corrected chi connectivity index (χ0v) is 20.4. The van der Waals surface area contributed by atoms with Crippen molar-refractivity contribution in [2.75, 3.05) is 30.3 Å². The second-order valence-electron chi connectivity index (χ2n) is 10.5. The minimum atomic E-state index is -0.359. The molecule has 3 aliphatic carbocycles. The molecule has 184 valence electrons. The fourth-order valence-corrected chi connectivity index (χ4v) is 5.97. The number of hydrogen-bond acceptors (Lipinski definition) is 4. The largest absolute Gasteiger partial charge is 0.330 e. The van der Waals surface area contributed by atoms with Gasteiger partial charge < -0.3 is 21.7 Å². The van der Waals surface area contributed by atoms with Crippen LogP contribution in [0.4, 0.5) is 11.4 Å². The van der Waals surface area contributed by atoms with E-state index in [4.69, 9.17) is 5.73 Å². The first kappa shape index (κ1) is 23.8. The SMILES string of the molecule is NCCc1ccc(NC(=O)C23CCC(C(=O)Nc4ccc(C5=CCNCC5)cc4)(CC2)CC3)cc1. The maximum Gasteiger partial charge on any atom is 0.230 e. The van der Waals surface area contributed by atoms with E-state index in [2.05, 4.69) is 34.2 Å². The molecule has 0 saturated heterocycles. The van der Waals surface area contributed by atoms with Crippen LogP contribution in [0.15, 0.2) is 54.6 Å². The lowest BCUT2D eigenvalue weighted by molar-refractivity contribution is -0.144. The van der Waals surface area contributed by atoms with Gasteiger partial charge in [0.15, 0.2) is 0 Å². The summed E-state index contributed by atoms with van der Waals surface area (Å²) in [6.07, 6.45) is 8.68. The van der Waals surface area contributed by atoms with Crippen LogP contribution in [0.1, 0.15) is 56.1 Å². The molecule has 6 nitrogen and oxygen atoms in total. The second kappa shape index (κ2) is 9.96. The molecule has 3 fully saturated rings. The van der Waals surface area contributed by atoms with Crippen molar-refractivity contribution in [1.29, 1.82) is 0 Å². The normalized spacial score (nSPS) is 25.6. The highest BCUT2D eigenvalue weighted by Crippen LogP contribution is 2.57. The van der Waals surface area contributed by atoms with Crippen molar-refractivity contribution in [2.45, 2.75) is 51.4 Å². The number of hydrogen-bond donors (Lipinski definition) is 4. The molecular formula is C29H36N4O2. The fraction of sp³-hybridized carbons (Fsp3) is 0.448. The summed E-state index contributed by atoms with van der Waals surface area (Å²) in [6, 6.07) is 16.2. The Balaban J connectivity index is 1.18. The van der Waals surface area contributed by atoms with Gasteiger partial charge in [0.25, 0.3) is 0 Å². The van der Waals surface area contributed by atoms with Crippen molar-refractivity contribution < 1.29 is 9.59 Å². The average molecular weight is 473 g/mol. The number of nitrogens with one attached hydrogen (secondary N) is 3. The lowest BCUT2D eigenvalue weighted by Gasteiger charge is -2.51. The zero-order valence-electron chi connectivity index (χ0n) is 20.4. The Labute approximate surface area is 207 Å². The van der Waals surface area contributed by atoms with Crippen LogP contribution in [-0.4, -0.2) is 31.4 Å². The standard InChI is InChI=1S/C29H36N4O2/c30-18-9-21-1-5-24(6-2-21)32-26(34)28-12-15-29(16-13-28,17-14-28)27(35)33-25-7-3-22(4-8-25)23-10-19-31-20-11-23/h1-8,10,31H,9,11-20,30H2,(H,32,34)(H,33,35). The van der Waals surface area contributed by atoms with Gasteiger partial charge in [0.05, 0.1) is 0 Å². The highest BCUT2D eigenvalue weighted by molar-refractivity contribution is 5.98. The minimum Gasteiger partial charge on any atom is -0.330 e. The monoisotopic (exact) mass is 472 g/mol. The average Bonchev–Trinajstić information content (AvgIpc) is 2.92. The molecule has 1 aliphatic heterocycles. The third kappa shape index (κ3) is 4.91. The van der Waals surface area contributed by atoms with Crippen LogP contribution in [0.2, 0.25) is 0 Å². The van der Waals surface area contributed by atoms with Gasteiger partial charge in [-0.1, -0.05) is 30.3 Å². The summed E-state index contributed by atoms with van der Waals surface area (Å²) in [5.74, 6) is 0.205. The molecule has 2 amide bonds. The van der Waals surface area contributed by atoms with Crippen LogP contribution in [0.5, 0.6) is 0 Å². The van der Waals surface area contributed by atoms with Gasteiger partial charge in [0, 0.05) is 28.7 Å². The number of anilines is 2. The summed E-state index contributed by atoms with van der Waals surface area (Å²) in [5.41, 5.74) is 10.3. The summed E-state index contributed by atoms with van der Waals surface area (Å²) in [6.45, 7) is 2.54. The first-order chi connectivity index (χ1) is 17.0. The summed E-state index contributed by atoms with van der Waals surface area (Å²) in [7, 11) is 0. The molecule has 3 saturated carbocycles. The van der Waals surface area contributed by atoms with E-state index in [0.29, 0.717) is 6.54 Å². The smallest absolute Gasteiger partial charge is 0.230 e. The molecule has 0 aromatic heterocycles. The molecule has 6 rings (SSSR count). The van der Waals surface area contributed by atoms with Gasteiger partial charge in [0.1, 0.15) is 0 Å². The summed E-state index contributed by atoms with van der Waals surface area (Å²) < 4.78 is 0. The van der Waals surface area contributed by atoms with E-state index in [0.717, 1.165) is 75.8 Å². The zero-order chi connectivity index (χ0) is 24.3. The first-order valence-electron chi connectivity index (χ1n) is 12.9. The van der Waals surface area contributed by atoms with Crippen LogP contribution < -0.4 is 21.7 Å². The Morgan fingerprint density at radius 3 is 1.77 bits per heavy atom. The number of carbonyl (C=O) groups excluding carboxylic acids is 2. The third-order valence-electron chi connectivity index (χ3n) is 8.43. The van der Waals surface area contributed by atoms with E-state index in [1.54, 1.807) is 0 Å². The Morgan fingerprint density at radius 2 is 1.31 bits per heavy atom. The molecule has 6 heteroatoms. The number of nitrogens with two attached hydrogens (primary N) is 1. The maximum atomic E-state index is 13.3. The van der Waals surface area contributed by atoms with E-state index in [9.17, 15) is 9.59 Å². The number of carbonyl (C=O) groups is 2. The van der Waals surface area contributed by atoms with Gasteiger partial charge in [-0.05, 0) is 105 Å². The van der Waals surface area contributed by atoms with Crippen molar-refractivity contribution >= 4 is 28.8 Å². The number of amides is 2. The van der Waals surface area contributed by atoms with Gasteiger partial charge in [-0.25, -0.2) is 0 Å². The highest BCUT2D eigenvalue weighted by Gasteiger charge is 2.55. The van der Waals surface area contributed by atoms with Crippen molar-refractivity contribution in [2.24, 2.45) is 16.6 Å². The van der Waals surface area contributed by atoms with Crippen LogP contribution in [-0.2, 0) is 16.0 Å². The summed E-state index contributed by atoms with van der Waals surface area (Å²) in [4.78, 5) is 26.6. The van der Waals surface area contributed by atoms with E-state index in [-0.39, 0.29) is 22.6 Å². The Bertz CT molecular complexity index is 1080. The van der Waals surface area contributed by atoms with E-state index < -0.39 is 0 Å². The highest BCUT2D eigenvalue weighted by atomic mass is 16.2. The second-order valence-corrected chi connectivity index (χ2v) is 10.5. The molecule has 1 heterocycles. The number of benzene rings is 2. The molecule has 4 aliphatic rings. The molecule has 0 radical (unpaired) electrons. The van der Waals surface area contributed by atoms with Gasteiger partial charge in [-0.3, -0.25) is 9.59 Å². The summed E-state index contributed by atoms with van der Waals surface area (Å²) >= 11 is 0. The molecule has 5 N–H and O–H groups in total. The molecule has 0 unspecified atom stereocenters. The summed E-state index contributed by atoms with van der Waals surface area (Å²) in [5, 5.41) is 9.65. The van der Waals surface area contributed by atoms with Crippen LogP contribution in [0.3, 0.4) is 0 Å². The lowest BCUT2D eigenvalue weighted by Crippen LogP contribution is -2.52. The molecule has 35 heavy (non-hydrogen) atoms. The van der Waals surface area contributed by atoms with E-state index >= 15 is 0 Å². The van der Waals surface area contributed by atoms with Crippen LogP contribution >= 0.6 is 0 Å². The first-order valence-corrected chi connectivity index (χ1v) is 12.9. The quantitative estimate of drug-likeness (QED) is 0.478. The number of rotatable bonds is 7. The van der Waals surface area contributed by atoms with Crippen molar-refractivity contribution in [3.63, 3.8) is 0 Å². The Kier molecular flexibility index (Phi) is 6.76. The van der Waals surface area contributed by atoms with E-state index in [1.807, 2.05) is 36.4 Å². The minimum absolute atomic E-state index is 0.0978. The predicted octanol–water partition coefficient (Wildman–Crippen LogP) is 4.48. The van der Waals surface area contributed by atoms with Crippen LogP contribution in [0, 0.1) is 10.8 Å². The Morgan fingerprint density at radius 1 is 0.800 bits per heavy atom. The van der Waals surface area contributed by atoms with Gasteiger partial charge in [0.2, 0.25) is 11.8 Å². The predicted molar refractivity (Wildman–Crippen MR) is 141 cm³/mol. The molecule has 2 aromatic carbocycles. The third-order valence-corrected chi connectivity index (χ3v) is 8.43. The topological polar surface area (TPSA) is 96.2 Å². The van der Waals surface area contributed by atoms with Gasteiger partial charge >= 0.3 is 0 Å². The fourth-order valence-electron chi connectivity index (χ4n) is 5.97. The van der Waals surface area contributed by atoms with Crippen LogP contribution in [0.25, 0.3) is 5.57 Å². The molecular weight excluding hydrogens is 436 g/mol. The molecule has 0 atom stereocenters. The Hall–Kier alpha value is -2.96. The number of fused-ring (bicyclic) bond motifs is 3. The van der Waals surface area contributed by atoms with Crippen molar-refractivity contribution in [1.82, 2.24) is 5.32 Å². The lowest BCUT2D eigenvalue weighted by atomic mass is 9.53. The van der Waals surface area contributed by atoms with Crippen molar-refractivity contribution in [3.05, 3.63) is 65.7 Å². The molecule has 2 bridgehead atoms. The van der Waals surface area contributed by atoms with Crippen molar-refractivity contribution in [3.8, 4) is 0 Å². The van der Waals surface area contributed by atoms with E-state index in [1.165, 1.54) is 16.7 Å².